The molecule has 196 valence electrons. The van der Waals surface area contributed by atoms with Crippen molar-refractivity contribution in [3.05, 3.63) is 35.6 Å². The molecule has 3 rings (SSSR count). The van der Waals surface area contributed by atoms with Gasteiger partial charge >= 0.3 is 23.9 Å². The van der Waals surface area contributed by atoms with E-state index in [-0.39, 0.29) is 18.3 Å². The monoisotopic (exact) mass is 507 g/mol. The third-order valence-corrected chi connectivity index (χ3v) is 5.60. The maximum atomic E-state index is 12.0. The molecular formula is C24H29NO11. The van der Waals surface area contributed by atoms with Crippen LogP contribution in [0.1, 0.15) is 34.6 Å². The molecule has 1 fully saturated rings. The van der Waals surface area contributed by atoms with Gasteiger partial charge in [0.1, 0.15) is 30.6 Å². The van der Waals surface area contributed by atoms with E-state index in [9.17, 15) is 24.0 Å². The maximum Gasteiger partial charge on any atom is 0.331 e. The van der Waals surface area contributed by atoms with E-state index in [0.717, 1.165) is 19.4 Å². The molecule has 0 aromatic rings. The summed E-state index contributed by atoms with van der Waals surface area (Å²) in [7, 11) is 0. The lowest BCUT2D eigenvalue weighted by Gasteiger charge is -2.45. The van der Waals surface area contributed by atoms with Crippen LogP contribution >= 0.6 is 0 Å². The Morgan fingerprint density at radius 3 is 2.28 bits per heavy atom. The van der Waals surface area contributed by atoms with Gasteiger partial charge in [-0.05, 0) is 19.1 Å². The second-order valence-electron chi connectivity index (χ2n) is 8.58. The molecule has 1 amide bonds. The molecule has 0 aromatic carbocycles. The van der Waals surface area contributed by atoms with Crippen molar-refractivity contribution in [2.45, 2.75) is 71.4 Å². The molecule has 0 bridgehead atoms. The van der Waals surface area contributed by atoms with Gasteiger partial charge in [-0.15, -0.1) is 0 Å². The van der Waals surface area contributed by atoms with Crippen LogP contribution in [0.15, 0.2) is 35.6 Å². The van der Waals surface area contributed by atoms with E-state index in [1.807, 2.05) is 6.92 Å². The zero-order valence-electron chi connectivity index (χ0n) is 20.5. The average molecular weight is 507 g/mol. The standard InChI is InChI=1S/C24H29NO11/c1-11-8-20(30)35-18-9-16(6-7-17(11)18)34-24-21(25-12(2)26)23(33-15(5)29)22(32-14(4)28)19(36-24)10-31-13(3)27/h6-9,17-19,21-24H,10H2,1-5H3,(H,25,26)/t17-,18-,19+,21-,22-,23+,24+/m1/s1. The summed E-state index contributed by atoms with van der Waals surface area (Å²) in [6, 6.07) is -1.12. The van der Waals surface area contributed by atoms with E-state index < -0.39 is 66.5 Å². The van der Waals surface area contributed by atoms with E-state index in [2.05, 4.69) is 5.32 Å². The SMILES string of the molecule is CC(=O)N[C@H]1[C@@H](OC2=C[C@H]3OC(=O)C=C(C)[C@H]3C=C2)O[C@@H](COC(C)=O)[C@@H](OC(C)=O)[C@H]1OC(C)=O. The molecule has 3 aliphatic rings. The first-order chi connectivity index (χ1) is 16.9. The van der Waals surface area contributed by atoms with Crippen LogP contribution in [0.5, 0.6) is 0 Å². The van der Waals surface area contributed by atoms with E-state index in [4.69, 9.17) is 28.4 Å². The van der Waals surface area contributed by atoms with Crippen molar-refractivity contribution < 1.29 is 52.4 Å². The highest BCUT2D eigenvalue weighted by molar-refractivity contribution is 5.84. The lowest BCUT2D eigenvalue weighted by molar-refractivity contribution is -0.268. The number of amides is 1. The number of hydrogen-bond donors (Lipinski definition) is 1. The fraction of sp³-hybridized carbons (Fsp3) is 0.542. The number of carbonyl (C=O) groups excluding carboxylic acids is 5. The third kappa shape index (κ3) is 6.72. The predicted molar refractivity (Wildman–Crippen MR) is 119 cm³/mol. The number of rotatable bonds is 7. The molecule has 0 aromatic heterocycles. The number of nitrogens with one attached hydrogen (secondary N) is 1. The average Bonchev–Trinajstić information content (AvgIpc) is 2.75. The molecule has 0 spiro atoms. The topological polar surface area (TPSA) is 153 Å². The van der Waals surface area contributed by atoms with Gasteiger partial charge in [0, 0.05) is 39.7 Å². The van der Waals surface area contributed by atoms with Gasteiger partial charge in [0.15, 0.2) is 12.2 Å². The summed E-state index contributed by atoms with van der Waals surface area (Å²) in [6.45, 7) is 6.21. The highest BCUT2D eigenvalue weighted by atomic mass is 16.7. The van der Waals surface area contributed by atoms with Crippen LogP contribution in [-0.4, -0.2) is 73.1 Å². The summed E-state index contributed by atoms with van der Waals surface area (Å²) in [5.41, 5.74) is 0.827. The Morgan fingerprint density at radius 2 is 1.67 bits per heavy atom. The van der Waals surface area contributed by atoms with Crippen LogP contribution in [0.4, 0.5) is 0 Å². The largest absolute Gasteiger partial charge is 0.463 e. The van der Waals surface area contributed by atoms with Crippen LogP contribution in [0.3, 0.4) is 0 Å². The highest BCUT2D eigenvalue weighted by Gasteiger charge is 2.52. The Kier molecular flexibility index (Phi) is 8.51. The molecule has 0 unspecified atom stereocenters. The van der Waals surface area contributed by atoms with Crippen molar-refractivity contribution in [2.24, 2.45) is 5.92 Å². The molecule has 1 aliphatic carbocycles. The minimum atomic E-state index is -1.27. The minimum absolute atomic E-state index is 0.160. The molecular weight excluding hydrogens is 478 g/mol. The fourth-order valence-electron chi connectivity index (χ4n) is 4.20. The summed E-state index contributed by atoms with van der Waals surface area (Å²) in [4.78, 5) is 59.1. The Labute approximate surface area is 207 Å². The van der Waals surface area contributed by atoms with Crippen molar-refractivity contribution in [1.82, 2.24) is 5.32 Å². The van der Waals surface area contributed by atoms with Crippen LogP contribution in [-0.2, 0) is 52.4 Å². The summed E-state index contributed by atoms with van der Waals surface area (Å²) >= 11 is 0. The van der Waals surface area contributed by atoms with Gasteiger partial charge in [-0.3, -0.25) is 19.2 Å². The normalized spacial score (nSPS) is 31.0. The number of ether oxygens (including phenoxy) is 6. The molecule has 12 nitrogen and oxygen atoms in total. The molecule has 0 saturated carbocycles. The van der Waals surface area contributed by atoms with Crippen molar-refractivity contribution in [1.29, 1.82) is 0 Å². The molecule has 2 aliphatic heterocycles. The second-order valence-corrected chi connectivity index (χ2v) is 8.58. The highest BCUT2D eigenvalue weighted by Crippen LogP contribution is 2.33. The number of carbonyl (C=O) groups is 5. The zero-order valence-corrected chi connectivity index (χ0v) is 20.5. The lowest BCUT2D eigenvalue weighted by Crippen LogP contribution is -2.66. The van der Waals surface area contributed by atoms with Gasteiger partial charge in [0.25, 0.3) is 0 Å². The van der Waals surface area contributed by atoms with Crippen LogP contribution in [0.2, 0.25) is 0 Å². The summed E-state index contributed by atoms with van der Waals surface area (Å²) < 4.78 is 33.2. The van der Waals surface area contributed by atoms with Crippen molar-refractivity contribution >= 4 is 29.8 Å². The Hall–Kier alpha value is -3.67. The number of hydrogen-bond acceptors (Lipinski definition) is 11. The van der Waals surface area contributed by atoms with E-state index in [1.165, 1.54) is 19.9 Å². The Bertz CT molecular complexity index is 1010. The van der Waals surface area contributed by atoms with Gasteiger partial charge in [0.2, 0.25) is 12.2 Å². The molecule has 36 heavy (non-hydrogen) atoms. The number of allylic oxidation sites excluding steroid dienone is 1. The van der Waals surface area contributed by atoms with Crippen molar-refractivity contribution in [3.8, 4) is 0 Å². The van der Waals surface area contributed by atoms with E-state index in [1.54, 1.807) is 18.2 Å². The van der Waals surface area contributed by atoms with Gasteiger partial charge < -0.3 is 33.7 Å². The Balaban J connectivity index is 1.93. The van der Waals surface area contributed by atoms with Gasteiger partial charge in [-0.25, -0.2) is 4.79 Å². The van der Waals surface area contributed by atoms with Crippen LogP contribution in [0.25, 0.3) is 0 Å². The third-order valence-electron chi connectivity index (χ3n) is 5.60. The van der Waals surface area contributed by atoms with Crippen molar-refractivity contribution in [2.75, 3.05) is 6.61 Å². The smallest absolute Gasteiger partial charge is 0.331 e. The summed E-state index contributed by atoms with van der Waals surface area (Å²) in [5.74, 6) is -2.91. The van der Waals surface area contributed by atoms with Gasteiger partial charge in [0.05, 0.1) is 0 Å². The van der Waals surface area contributed by atoms with E-state index in [0.29, 0.717) is 0 Å². The fourth-order valence-corrected chi connectivity index (χ4v) is 4.20. The number of fused-ring (bicyclic) bond motifs is 1. The first kappa shape index (κ1) is 26.9. The van der Waals surface area contributed by atoms with Gasteiger partial charge in [-0.1, -0.05) is 11.6 Å². The predicted octanol–water partition coefficient (Wildman–Crippen LogP) is 0.601. The molecule has 1 saturated heterocycles. The first-order valence-corrected chi connectivity index (χ1v) is 11.3. The molecule has 0 radical (unpaired) electrons. The first-order valence-electron chi connectivity index (χ1n) is 11.3. The molecule has 7 atom stereocenters. The Morgan fingerprint density at radius 1 is 1.00 bits per heavy atom. The second kappa shape index (κ2) is 11.4. The van der Waals surface area contributed by atoms with E-state index >= 15 is 0 Å². The maximum absolute atomic E-state index is 12.0. The van der Waals surface area contributed by atoms with Crippen molar-refractivity contribution in [3.63, 3.8) is 0 Å². The molecule has 2 heterocycles. The summed E-state index contributed by atoms with van der Waals surface area (Å²) in [6.07, 6.45) is 1.02. The number of esters is 4. The minimum Gasteiger partial charge on any atom is -0.463 e. The zero-order chi connectivity index (χ0) is 26.6. The summed E-state index contributed by atoms with van der Waals surface area (Å²) in [5, 5.41) is 2.62. The lowest BCUT2D eigenvalue weighted by atomic mass is 9.88. The molecule has 1 N–H and O–H groups in total. The van der Waals surface area contributed by atoms with Gasteiger partial charge in [-0.2, -0.15) is 0 Å². The molecule has 12 heteroatoms. The van der Waals surface area contributed by atoms with Crippen LogP contribution < -0.4 is 5.32 Å². The quantitative estimate of drug-likeness (QED) is 0.381. The van der Waals surface area contributed by atoms with Crippen LogP contribution in [0, 0.1) is 5.92 Å².